The van der Waals surface area contributed by atoms with Gasteiger partial charge in [0.25, 0.3) is 0 Å². The number of nitrogens with zero attached hydrogens (tertiary/aromatic N) is 1. The quantitative estimate of drug-likeness (QED) is 0.854. The van der Waals surface area contributed by atoms with Crippen LogP contribution in [0.3, 0.4) is 0 Å². The van der Waals surface area contributed by atoms with Gasteiger partial charge in [-0.3, -0.25) is 4.98 Å². The number of carboxylic acid groups (broad SMARTS) is 1. The van der Waals surface area contributed by atoms with E-state index in [0.29, 0.717) is 17.3 Å². The third-order valence-electron chi connectivity index (χ3n) is 4.45. The van der Waals surface area contributed by atoms with E-state index >= 15 is 0 Å². The first kappa shape index (κ1) is 15.8. The summed E-state index contributed by atoms with van der Waals surface area (Å²) in [6.07, 6.45) is 7.33. The van der Waals surface area contributed by atoms with Crippen molar-refractivity contribution in [1.82, 2.24) is 4.98 Å². The molecule has 4 nitrogen and oxygen atoms in total. The summed E-state index contributed by atoms with van der Waals surface area (Å²) in [4.78, 5) is 15.7. The molecule has 0 bridgehead atoms. The summed E-state index contributed by atoms with van der Waals surface area (Å²) in [5.74, 6) is -0.0462. The molecule has 0 aliphatic heterocycles. The maximum Gasteiger partial charge on any atom is 0.339 e. The highest BCUT2D eigenvalue weighted by molar-refractivity contribution is 5.95. The number of aromatic carboxylic acids is 1. The molecule has 0 saturated heterocycles. The van der Waals surface area contributed by atoms with Gasteiger partial charge in [-0.15, -0.1) is 0 Å². The molecular formula is C17H26N2O2. The smallest absolute Gasteiger partial charge is 0.339 e. The second kappa shape index (κ2) is 6.92. The minimum absolute atomic E-state index is 0.316. The van der Waals surface area contributed by atoms with Gasteiger partial charge in [-0.25, -0.2) is 4.79 Å². The van der Waals surface area contributed by atoms with Crippen molar-refractivity contribution in [2.45, 2.75) is 65.3 Å². The molecule has 116 valence electrons. The van der Waals surface area contributed by atoms with E-state index in [2.05, 4.69) is 17.2 Å². The number of carbonyl (C=O) groups is 1. The molecule has 0 radical (unpaired) electrons. The Kier molecular flexibility index (Phi) is 5.21. The van der Waals surface area contributed by atoms with Gasteiger partial charge in [0.15, 0.2) is 0 Å². The van der Waals surface area contributed by atoms with E-state index in [-0.39, 0.29) is 0 Å². The molecule has 1 aliphatic carbocycles. The number of rotatable bonds is 5. The van der Waals surface area contributed by atoms with Gasteiger partial charge in [-0.05, 0) is 51.5 Å². The predicted molar refractivity (Wildman–Crippen MR) is 84.9 cm³/mol. The van der Waals surface area contributed by atoms with E-state index < -0.39 is 5.97 Å². The van der Waals surface area contributed by atoms with E-state index in [4.69, 9.17) is 0 Å². The fraction of sp³-hybridized carbons (Fsp3) is 0.647. The van der Waals surface area contributed by atoms with Crippen molar-refractivity contribution < 1.29 is 9.90 Å². The van der Waals surface area contributed by atoms with Crippen LogP contribution in [-0.2, 0) is 0 Å². The fourth-order valence-corrected chi connectivity index (χ4v) is 3.44. The summed E-state index contributed by atoms with van der Waals surface area (Å²) in [5.41, 5.74) is 2.49. The Labute approximate surface area is 127 Å². The Morgan fingerprint density at radius 3 is 2.57 bits per heavy atom. The average molecular weight is 290 g/mol. The second-order valence-electron chi connectivity index (χ2n) is 6.23. The lowest BCUT2D eigenvalue weighted by atomic mass is 9.83. The third kappa shape index (κ3) is 3.96. The number of aryl methyl sites for hydroxylation is 2. The van der Waals surface area contributed by atoms with E-state index in [1.54, 1.807) is 6.92 Å². The zero-order valence-corrected chi connectivity index (χ0v) is 13.3. The van der Waals surface area contributed by atoms with Crippen LogP contribution in [0.4, 0.5) is 5.69 Å². The monoisotopic (exact) mass is 290 g/mol. The highest BCUT2D eigenvalue weighted by Gasteiger charge is 2.23. The van der Waals surface area contributed by atoms with Crippen molar-refractivity contribution in [3.63, 3.8) is 0 Å². The number of nitrogens with one attached hydrogen (secondary N) is 1. The Balaban J connectivity index is 2.08. The van der Waals surface area contributed by atoms with Gasteiger partial charge in [0.05, 0.1) is 11.4 Å². The van der Waals surface area contributed by atoms with Crippen molar-refractivity contribution in [3.05, 3.63) is 23.0 Å². The van der Waals surface area contributed by atoms with Gasteiger partial charge in [-0.2, -0.15) is 0 Å². The normalized spacial score (nSPS) is 22.0. The zero-order chi connectivity index (χ0) is 15.4. The van der Waals surface area contributed by atoms with Gasteiger partial charge in [-0.1, -0.05) is 19.8 Å². The summed E-state index contributed by atoms with van der Waals surface area (Å²) >= 11 is 0. The van der Waals surface area contributed by atoms with Gasteiger partial charge in [0.1, 0.15) is 5.56 Å². The summed E-state index contributed by atoms with van der Waals surface area (Å²) in [7, 11) is 0. The van der Waals surface area contributed by atoms with Crippen molar-refractivity contribution in [1.29, 1.82) is 0 Å². The van der Waals surface area contributed by atoms with Crippen LogP contribution in [0.5, 0.6) is 0 Å². The van der Waals surface area contributed by atoms with Crippen molar-refractivity contribution in [2.24, 2.45) is 5.92 Å². The molecule has 1 heterocycles. The molecule has 1 fully saturated rings. The molecule has 21 heavy (non-hydrogen) atoms. The standard InChI is InChI=1S/C17H26N2O2/c1-4-5-13-6-8-14(9-7-13)19-15-10-11(2)18-12(3)16(15)17(20)21/h10,13-14H,4-9H2,1-3H3,(H,18,19)(H,20,21). The molecule has 1 saturated carbocycles. The highest BCUT2D eigenvalue weighted by atomic mass is 16.4. The Morgan fingerprint density at radius 2 is 2.00 bits per heavy atom. The van der Waals surface area contributed by atoms with Gasteiger partial charge >= 0.3 is 5.97 Å². The fourth-order valence-electron chi connectivity index (χ4n) is 3.44. The Bertz CT molecular complexity index is 506. The number of carboxylic acids is 1. The molecule has 0 spiro atoms. The van der Waals surface area contributed by atoms with Gasteiger partial charge in [0.2, 0.25) is 0 Å². The van der Waals surface area contributed by atoms with E-state index in [1.807, 2.05) is 13.0 Å². The van der Waals surface area contributed by atoms with E-state index in [0.717, 1.165) is 30.1 Å². The van der Waals surface area contributed by atoms with E-state index in [9.17, 15) is 9.90 Å². The molecule has 1 aromatic heterocycles. The van der Waals surface area contributed by atoms with Crippen LogP contribution in [0.15, 0.2) is 6.07 Å². The minimum atomic E-state index is -0.901. The summed E-state index contributed by atoms with van der Waals surface area (Å²) < 4.78 is 0. The van der Waals surface area contributed by atoms with Crippen LogP contribution in [0.2, 0.25) is 0 Å². The van der Waals surface area contributed by atoms with Crippen LogP contribution in [-0.4, -0.2) is 22.1 Å². The van der Waals surface area contributed by atoms with Crippen LogP contribution >= 0.6 is 0 Å². The summed E-state index contributed by atoms with van der Waals surface area (Å²) in [5, 5.41) is 12.9. The van der Waals surface area contributed by atoms with Crippen molar-refractivity contribution in [3.8, 4) is 0 Å². The van der Waals surface area contributed by atoms with Crippen molar-refractivity contribution in [2.75, 3.05) is 5.32 Å². The molecule has 4 heteroatoms. The topological polar surface area (TPSA) is 62.2 Å². The molecule has 0 atom stereocenters. The van der Waals surface area contributed by atoms with Crippen LogP contribution in [0.1, 0.15) is 67.2 Å². The lowest BCUT2D eigenvalue weighted by molar-refractivity contribution is 0.0696. The number of anilines is 1. The third-order valence-corrected chi connectivity index (χ3v) is 4.45. The zero-order valence-electron chi connectivity index (χ0n) is 13.3. The highest BCUT2D eigenvalue weighted by Crippen LogP contribution is 2.30. The summed E-state index contributed by atoms with van der Waals surface area (Å²) in [6, 6.07) is 2.24. The maximum atomic E-state index is 11.5. The molecule has 1 aliphatic rings. The number of hydrogen-bond donors (Lipinski definition) is 2. The predicted octanol–water partition coefficient (Wildman–Crippen LogP) is 4.17. The molecule has 0 amide bonds. The maximum absolute atomic E-state index is 11.5. The van der Waals surface area contributed by atoms with Crippen LogP contribution < -0.4 is 5.32 Å². The number of aromatic nitrogens is 1. The SMILES string of the molecule is CCCC1CCC(Nc2cc(C)nc(C)c2C(=O)O)CC1. The second-order valence-corrected chi connectivity index (χ2v) is 6.23. The lowest BCUT2D eigenvalue weighted by Crippen LogP contribution is -2.27. The number of hydrogen-bond acceptors (Lipinski definition) is 3. The first-order valence-corrected chi connectivity index (χ1v) is 7.99. The molecule has 1 aromatic rings. The average Bonchev–Trinajstić information content (AvgIpc) is 2.40. The van der Waals surface area contributed by atoms with E-state index in [1.165, 1.54) is 25.7 Å². The first-order chi connectivity index (χ1) is 10.0. The lowest BCUT2D eigenvalue weighted by Gasteiger charge is -2.30. The van der Waals surface area contributed by atoms with Crippen LogP contribution in [0, 0.1) is 19.8 Å². The molecule has 0 aromatic carbocycles. The van der Waals surface area contributed by atoms with Crippen molar-refractivity contribution >= 4 is 11.7 Å². The Morgan fingerprint density at radius 1 is 1.33 bits per heavy atom. The number of pyridine rings is 1. The molecule has 2 rings (SSSR count). The first-order valence-electron chi connectivity index (χ1n) is 7.99. The Hall–Kier alpha value is -1.58. The van der Waals surface area contributed by atoms with Gasteiger partial charge in [0, 0.05) is 11.7 Å². The summed E-state index contributed by atoms with van der Waals surface area (Å²) in [6.45, 7) is 5.91. The molecular weight excluding hydrogens is 264 g/mol. The van der Waals surface area contributed by atoms with Gasteiger partial charge < -0.3 is 10.4 Å². The molecule has 0 unspecified atom stereocenters. The van der Waals surface area contributed by atoms with Crippen LogP contribution in [0.25, 0.3) is 0 Å². The molecule has 2 N–H and O–H groups in total. The largest absolute Gasteiger partial charge is 0.478 e. The minimum Gasteiger partial charge on any atom is -0.478 e.